The summed E-state index contributed by atoms with van der Waals surface area (Å²) >= 11 is 0. The van der Waals surface area contributed by atoms with E-state index in [1.807, 2.05) is 6.07 Å². The van der Waals surface area contributed by atoms with E-state index in [-0.39, 0.29) is 18.3 Å². The van der Waals surface area contributed by atoms with Crippen molar-refractivity contribution < 1.29 is 8.42 Å². The lowest BCUT2D eigenvalue weighted by Crippen LogP contribution is -2.40. The summed E-state index contributed by atoms with van der Waals surface area (Å²) in [6.07, 6.45) is 6.09. The highest BCUT2D eigenvalue weighted by Crippen LogP contribution is 2.33. The molecular formula is C11H18N2O2S. The van der Waals surface area contributed by atoms with Crippen molar-refractivity contribution in [3.05, 3.63) is 0 Å². The first-order valence-electron chi connectivity index (χ1n) is 6.00. The predicted octanol–water partition coefficient (Wildman–Crippen LogP) is 1.49. The van der Waals surface area contributed by atoms with E-state index in [0.717, 1.165) is 38.5 Å². The fourth-order valence-corrected chi connectivity index (χ4v) is 4.43. The van der Waals surface area contributed by atoms with Gasteiger partial charge in [-0.1, -0.05) is 12.8 Å². The third kappa shape index (κ3) is 2.74. The minimum atomic E-state index is -3.19. The van der Waals surface area contributed by atoms with Crippen molar-refractivity contribution >= 4 is 10.0 Å². The van der Waals surface area contributed by atoms with Crippen molar-refractivity contribution in [2.75, 3.05) is 12.3 Å². The third-order valence-corrected chi connectivity index (χ3v) is 5.49. The Bertz CT molecular complexity index is 375. The standard InChI is InChI=1S/C11H18N2O2S/c12-7-8-13(11-3-1-2-4-11)16(14,15)9-10-5-6-10/h10-11H,1-6,8-9H2. The molecule has 2 saturated carbocycles. The largest absolute Gasteiger partial charge is 0.215 e. The molecular weight excluding hydrogens is 224 g/mol. The van der Waals surface area contributed by atoms with Gasteiger partial charge in [-0.3, -0.25) is 0 Å². The van der Waals surface area contributed by atoms with E-state index in [1.165, 1.54) is 4.31 Å². The second-order valence-corrected chi connectivity index (χ2v) is 6.83. The molecule has 0 radical (unpaired) electrons. The molecule has 0 heterocycles. The first-order valence-corrected chi connectivity index (χ1v) is 7.61. The minimum Gasteiger partial charge on any atom is -0.212 e. The monoisotopic (exact) mass is 242 g/mol. The van der Waals surface area contributed by atoms with E-state index >= 15 is 0 Å². The summed E-state index contributed by atoms with van der Waals surface area (Å²) in [5, 5.41) is 8.75. The lowest BCUT2D eigenvalue weighted by Gasteiger charge is -2.25. The first-order chi connectivity index (χ1) is 7.63. The quantitative estimate of drug-likeness (QED) is 0.686. The van der Waals surface area contributed by atoms with Gasteiger partial charge in [0.05, 0.1) is 11.8 Å². The normalized spacial score (nSPS) is 22.5. The number of hydrogen-bond acceptors (Lipinski definition) is 3. The molecule has 2 aliphatic rings. The van der Waals surface area contributed by atoms with Crippen molar-refractivity contribution in [1.82, 2.24) is 4.31 Å². The minimum absolute atomic E-state index is 0.0275. The van der Waals surface area contributed by atoms with Crippen LogP contribution in [0.1, 0.15) is 38.5 Å². The molecule has 2 fully saturated rings. The van der Waals surface area contributed by atoms with Gasteiger partial charge in [0.2, 0.25) is 10.0 Å². The van der Waals surface area contributed by atoms with Gasteiger partial charge in [-0.05, 0) is 31.6 Å². The summed E-state index contributed by atoms with van der Waals surface area (Å²) in [4.78, 5) is 0. The molecule has 0 unspecified atom stereocenters. The Balaban J connectivity index is 2.07. The maximum atomic E-state index is 12.1. The molecule has 16 heavy (non-hydrogen) atoms. The van der Waals surface area contributed by atoms with Crippen LogP contribution in [0.15, 0.2) is 0 Å². The Morgan fingerprint density at radius 2 is 1.81 bits per heavy atom. The van der Waals surface area contributed by atoms with Crippen LogP contribution in [0.5, 0.6) is 0 Å². The summed E-state index contributed by atoms with van der Waals surface area (Å²) in [7, 11) is -3.19. The van der Waals surface area contributed by atoms with Crippen molar-refractivity contribution in [2.45, 2.75) is 44.6 Å². The van der Waals surface area contributed by atoms with Crippen molar-refractivity contribution in [3.63, 3.8) is 0 Å². The van der Waals surface area contributed by atoms with Crippen LogP contribution < -0.4 is 0 Å². The Morgan fingerprint density at radius 1 is 1.19 bits per heavy atom. The lowest BCUT2D eigenvalue weighted by atomic mass is 10.2. The molecule has 0 spiro atoms. The Labute approximate surface area is 97.3 Å². The predicted molar refractivity (Wildman–Crippen MR) is 61.1 cm³/mol. The van der Waals surface area contributed by atoms with Crippen LogP contribution in [-0.4, -0.2) is 31.1 Å². The van der Waals surface area contributed by atoms with E-state index < -0.39 is 10.0 Å². The summed E-state index contributed by atoms with van der Waals surface area (Å²) < 4.78 is 25.7. The Hall–Kier alpha value is -0.600. The third-order valence-electron chi connectivity index (χ3n) is 3.46. The van der Waals surface area contributed by atoms with E-state index in [2.05, 4.69) is 0 Å². The zero-order chi connectivity index (χ0) is 11.6. The van der Waals surface area contributed by atoms with Crippen LogP contribution in [0.2, 0.25) is 0 Å². The van der Waals surface area contributed by atoms with Gasteiger partial charge in [-0.15, -0.1) is 0 Å². The maximum absolute atomic E-state index is 12.1. The molecule has 0 aromatic rings. The topological polar surface area (TPSA) is 61.2 Å². The van der Waals surface area contributed by atoms with Gasteiger partial charge < -0.3 is 0 Å². The van der Waals surface area contributed by atoms with Gasteiger partial charge in [-0.2, -0.15) is 9.57 Å². The van der Waals surface area contributed by atoms with Crippen molar-refractivity contribution in [3.8, 4) is 6.07 Å². The molecule has 90 valence electrons. The van der Waals surface area contributed by atoms with Gasteiger partial charge >= 0.3 is 0 Å². The van der Waals surface area contributed by atoms with Gasteiger partial charge in [0.25, 0.3) is 0 Å². The fraction of sp³-hybridized carbons (Fsp3) is 0.909. The summed E-state index contributed by atoms with van der Waals surface area (Å²) in [5.74, 6) is 0.609. The van der Waals surface area contributed by atoms with E-state index in [4.69, 9.17) is 5.26 Å². The van der Waals surface area contributed by atoms with Crippen molar-refractivity contribution in [2.24, 2.45) is 5.92 Å². The van der Waals surface area contributed by atoms with E-state index in [9.17, 15) is 8.42 Å². The second kappa shape index (κ2) is 4.72. The molecule has 0 amide bonds. The molecule has 5 heteroatoms. The molecule has 2 rings (SSSR count). The molecule has 0 atom stereocenters. The van der Waals surface area contributed by atoms with Crippen LogP contribution >= 0.6 is 0 Å². The average molecular weight is 242 g/mol. The Morgan fingerprint density at radius 3 is 2.31 bits per heavy atom. The second-order valence-electron chi connectivity index (χ2n) is 4.86. The number of nitriles is 1. The number of nitrogens with zero attached hydrogens (tertiary/aromatic N) is 2. The molecule has 2 aliphatic carbocycles. The SMILES string of the molecule is N#CCN(C1CCCC1)S(=O)(=O)CC1CC1. The highest BCUT2D eigenvalue weighted by Gasteiger charge is 2.36. The molecule has 0 N–H and O–H groups in total. The molecule has 0 aromatic carbocycles. The first kappa shape index (κ1) is 11.9. The molecule has 0 saturated heterocycles. The molecule has 0 bridgehead atoms. The fourth-order valence-electron chi connectivity index (χ4n) is 2.39. The highest BCUT2D eigenvalue weighted by atomic mass is 32.2. The summed E-state index contributed by atoms with van der Waals surface area (Å²) in [6, 6.07) is 2.08. The highest BCUT2D eigenvalue weighted by molar-refractivity contribution is 7.89. The smallest absolute Gasteiger partial charge is 0.212 e. The van der Waals surface area contributed by atoms with Crippen LogP contribution in [0.4, 0.5) is 0 Å². The van der Waals surface area contributed by atoms with Crippen molar-refractivity contribution in [1.29, 1.82) is 5.26 Å². The zero-order valence-corrected chi connectivity index (χ0v) is 10.2. The summed E-state index contributed by atoms with van der Waals surface area (Å²) in [6.45, 7) is 0.0275. The number of sulfonamides is 1. The van der Waals surface area contributed by atoms with Gasteiger partial charge in [0.1, 0.15) is 6.54 Å². The van der Waals surface area contributed by atoms with Gasteiger partial charge in [0.15, 0.2) is 0 Å². The van der Waals surface area contributed by atoms with Crippen LogP contribution in [0, 0.1) is 17.2 Å². The van der Waals surface area contributed by atoms with Gasteiger partial charge in [0, 0.05) is 6.04 Å². The van der Waals surface area contributed by atoms with E-state index in [0.29, 0.717) is 5.92 Å². The van der Waals surface area contributed by atoms with Gasteiger partial charge in [-0.25, -0.2) is 8.42 Å². The number of hydrogen-bond donors (Lipinski definition) is 0. The molecule has 0 aromatic heterocycles. The summed E-state index contributed by atoms with van der Waals surface area (Å²) in [5.41, 5.74) is 0. The van der Waals surface area contributed by atoms with Crippen LogP contribution in [0.3, 0.4) is 0 Å². The van der Waals surface area contributed by atoms with Crippen LogP contribution in [-0.2, 0) is 10.0 Å². The zero-order valence-electron chi connectivity index (χ0n) is 9.43. The molecule has 0 aliphatic heterocycles. The number of rotatable bonds is 5. The van der Waals surface area contributed by atoms with Crippen LogP contribution in [0.25, 0.3) is 0 Å². The van der Waals surface area contributed by atoms with E-state index in [1.54, 1.807) is 0 Å². The maximum Gasteiger partial charge on any atom is 0.215 e. The Kier molecular flexibility index (Phi) is 3.50. The molecule has 4 nitrogen and oxygen atoms in total. The average Bonchev–Trinajstić information content (AvgIpc) is 2.86. The lowest BCUT2D eigenvalue weighted by molar-refractivity contribution is 0.349.